The Morgan fingerprint density at radius 3 is 2.43 bits per heavy atom. The van der Waals surface area contributed by atoms with Crippen molar-refractivity contribution in [1.82, 2.24) is 0 Å². The van der Waals surface area contributed by atoms with Gasteiger partial charge in [0.1, 0.15) is 0 Å². The van der Waals surface area contributed by atoms with Crippen molar-refractivity contribution in [3.63, 3.8) is 0 Å². The fraction of sp³-hybridized carbons (Fsp3) is 0.143. The fourth-order valence-corrected chi connectivity index (χ4v) is 2.39. The first-order chi connectivity index (χ1) is 6.36. The number of hydrogen-bond acceptors (Lipinski definition) is 3. The van der Waals surface area contributed by atoms with E-state index in [4.69, 9.17) is 10.7 Å². The highest BCUT2D eigenvalue weighted by Crippen LogP contribution is 2.31. The van der Waals surface area contributed by atoms with E-state index in [0.29, 0.717) is 0 Å². The van der Waals surface area contributed by atoms with Gasteiger partial charge in [0, 0.05) is 10.7 Å². The summed E-state index contributed by atoms with van der Waals surface area (Å²) in [5.41, 5.74) is 0. The second kappa shape index (κ2) is 4.04. The van der Waals surface area contributed by atoms with Gasteiger partial charge in [0.25, 0.3) is 9.05 Å². The van der Waals surface area contributed by atoms with E-state index in [-0.39, 0.29) is 15.1 Å². The number of methoxy groups -OCH3 is 1. The number of benzene rings is 1. The molecule has 1 rings (SSSR count). The third-order valence-corrected chi connectivity index (χ3v) is 3.38. The number of hydrogen-bond donors (Lipinski definition) is 0. The van der Waals surface area contributed by atoms with Crippen LogP contribution >= 0.6 is 26.6 Å². The van der Waals surface area contributed by atoms with E-state index in [2.05, 4.69) is 20.7 Å². The smallest absolute Gasteiger partial charge is 0.261 e. The molecule has 7 heteroatoms. The molecule has 0 fully saturated rings. The second-order valence-electron chi connectivity index (χ2n) is 2.36. The van der Waals surface area contributed by atoms with Crippen LogP contribution in [0.3, 0.4) is 0 Å². The quantitative estimate of drug-likeness (QED) is 0.789. The molecule has 0 heterocycles. The van der Waals surface area contributed by atoms with Gasteiger partial charge in [0.2, 0.25) is 0 Å². The molecule has 0 atom stereocenters. The fourth-order valence-electron chi connectivity index (χ4n) is 0.872. The third-order valence-electron chi connectivity index (χ3n) is 1.46. The van der Waals surface area contributed by atoms with Crippen molar-refractivity contribution in [2.24, 2.45) is 0 Å². The molecule has 0 bridgehead atoms. The van der Waals surface area contributed by atoms with E-state index < -0.39 is 14.9 Å². The predicted octanol–water partition coefficient (Wildman–Crippen LogP) is 2.52. The Bertz CT molecular complexity index is 437. The lowest BCUT2D eigenvalue weighted by Crippen LogP contribution is -1.95. The van der Waals surface area contributed by atoms with Gasteiger partial charge in [-0.15, -0.1) is 0 Å². The molecule has 1 aromatic rings. The molecule has 0 saturated carbocycles. The second-order valence-corrected chi connectivity index (χ2v) is 5.78. The Kier molecular flexibility index (Phi) is 3.39. The summed E-state index contributed by atoms with van der Waals surface area (Å²) in [7, 11) is 2.39. The zero-order chi connectivity index (χ0) is 10.9. The highest BCUT2D eigenvalue weighted by atomic mass is 79.9. The SMILES string of the molecule is COc1c(F)cc(S(=O)(=O)Cl)cc1Br. The van der Waals surface area contributed by atoms with Crippen molar-refractivity contribution < 1.29 is 17.5 Å². The number of ether oxygens (including phenoxy) is 1. The predicted molar refractivity (Wildman–Crippen MR) is 53.7 cm³/mol. The first kappa shape index (κ1) is 11.7. The molecule has 0 saturated heterocycles. The highest BCUT2D eigenvalue weighted by Gasteiger charge is 2.16. The molecule has 0 aliphatic carbocycles. The maximum absolute atomic E-state index is 13.2. The third kappa shape index (κ3) is 2.37. The minimum absolute atomic E-state index is 0.0610. The van der Waals surface area contributed by atoms with E-state index >= 15 is 0 Å². The van der Waals surface area contributed by atoms with Crippen LogP contribution in [0.5, 0.6) is 5.75 Å². The molecule has 0 spiro atoms. The van der Waals surface area contributed by atoms with Gasteiger partial charge in [-0.05, 0) is 28.1 Å². The molecule has 0 unspecified atom stereocenters. The lowest BCUT2D eigenvalue weighted by Gasteiger charge is -2.05. The summed E-state index contributed by atoms with van der Waals surface area (Å²) >= 11 is 2.96. The van der Waals surface area contributed by atoms with Crippen LogP contribution in [-0.2, 0) is 9.05 Å². The Balaban J connectivity index is 3.43. The zero-order valence-corrected chi connectivity index (χ0v) is 10.1. The van der Waals surface area contributed by atoms with Crippen molar-refractivity contribution >= 4 is 35.7 Å². The van der Waals surface area contributed by atoms with Crippen molar-refractivity contribution in [1.29, 1.82) is 0 Å². The zero-order valence-electron chi connectivity index (χ0n) is 6.92. The molecular weight excluding hydrogens is 298 g/mol. The molecule has 0 aliphatic heterocycles. The highest BCUT2D eigenvalue weighted by molar-refractivity contribution is 9.10. The standard InChI is InChI=1S/C7H5BrClFO3S/c1-13-7-5(8)2-4(3-6(7)10)14(9,11)12/h2-3H,1H3. The molecule has 78 valence electrons. The van der Waals surface area contributed by atoms with E-state index in [9.17, 15) is 12.8 Å². The van der Waals surface area contributed by atoms with Crippen molar-refractivity contribution in [2.75, 3.05) is 7.11 Å². The average molecular weight is 304 g/mol. The Morgan fingerprint density at radius 2 is 2.07 bits per heavy atom. The van der Waals surface area contributed by atoms with Gasteiger partial charge in [-0.1, -0.05) is 0 Å². The summed E-state index contributed by atoms with van der Waals surface area (Å²) in [6.07, 6.45) is 0. The first-order valence-electron chi connectivity index (χ1n) is 3.34. The summed E-state index contributed by atoms with van der Waals surface area (Å²) in [5, 5.41) is 0. The van der Waals surface area contributed by atoms with Crippen LogP contribution in [0.25, 0.3) is 0 Å². The van der Waals surface area contributed by atoms with Gasteiger partial charge in [-0.2, -0.15) is 0 Å². The van der Waals surface area contributed by atoms with Crippen molar-refractivity contribution in [3.8, 4) is 5.75 Å². The molecule has 0 N–H and O–H groups in total. The Labute approximate surface area is 93.4 Å². The van der Waals surface area contributed by atoms with E-state index in [1.54, 1.807) is 0 Å². The molecular formula is C7H5BrClFO3S. The molecule has 1 aromatic carbocycles. The van der Waals surface area contributed by atoms with Gasteiger partial charge in [-0.3, -0.25) is 0 Å². The number of rotatable bonds is 2. The van der Waals surface area contributed by atoms with Crippen molar-refractivity contribution in [3.05, 3.63) is 22.4 Å². The largest absolute Gasteiger partial charge is 0.492 e. The van der Waals surface area contributed by atoms with Crippen LogP contribution in [0.2, 0.25) is 0 Å². The maximum atomic E-state index is 13.2. The minimum Gasteiger partial charge on any atom is -0.492 e. The van der Waals surface area contributed by atoms with E-state index in [0.717, 1.165) is 6.07 Å². The van der Waals surface area contributed by atoms with Crippen LogP contribution in [0, 0.1) is 5.82 Å². The topological polar surface area (TPSA) is 43.4 Å². The van der Waals surface area contributed by atoms with Crippen LogP contribution in [0.4, 0.5) is 4.39 Å². The normalized spacial score (nSPS) is 11.4. The van der Waals surface area contributed by atoms with Gasteiger partial charge in [0.05, 0.1) is 16.5 Å². The van der Waals surface area contributed by atoms with Crippen LogP contribution in [0.15, 0.2) is 21.5 Å². The number of halogens is 3. The van der Waals surface area contributed by atoms with Crippen molar-refractivity contribution in [2.45, 2.75) is 4.90 Å². The average Bonchev–Trinajstić information content (AvgIpc) is 2.01. The Hall–Kier alpha value is -0.330. The molecule has 0 aliphatic rings. The first-order valence-corrected chi connectivity index (χ1v) is 6.44. The summed E-state index contributed by atoms with van der Waals surface area (Å²) in [5.74, 6) is -0.852. The lowest BCUT2D eigenvalue weighted by molar-refractivity contribution is 0.383. The van der Waals surface area contributed by atoms with Gasteiger partial charge >= 0.3 is 0 Å². The molecule has 0 radical (unpaired) electrons. The molecule has 0 amide bonds. The minimum atomic E-state index is -3.93. The van der Waals surface area contributed by atoms with Crippen LogP contribution in [0.1, 0.15) is 0 Å². The molecule has 14 heavy (non-hydrogen) atoms. The van der Waals surface area contributed by atoms with E-state index in [1.165, 1.54) is 13.2 Å². The van der Waals surface area contributed by atoms with Crippen LogP contribution in [-0.4, -0.2) is 15.5 Å². The molecule has 0 aromatic heterocycles. The lowest BCUT2D eigenvalue weighted by atomic mass is 10.3. The monoisotopic (exact) mass is 302 g/mol. The summed E-state index contributed by atoms with van der Waals surface area (Å²) < 4.78 is 39.8. The summed E-state index contributed by atoms with van der Waals surface area (Å²) in [6.45, 7) is 0. The Morgan fingerprint density at radius 1 is 1.50 bits per heavy atom. The molecule has 3 nitrogen and oxygen atoms in total. The van der Waals surface area contributed by atoms with E-state index in [1.807, 2.05) is 0 Å². The van der Waals surface area contributed by atoms with Gasteiger partial charge in [0.15, 0.2) is 11.6 Å². The summed E-state index contributed by atoms with van der Waals surface area (Å²) in [6, 6.07) is 1.97. The maximum Gasteiger partial charge on any atom is 0.261 e. The summed E-state index contributed by atoms with van der Waals surface area (Å²) in [4.78, 5) is -0.315. The van der Waals surface area contributed by atoms with Gasteiger partial charge in [-0.25, -0.2) is 12.8 Å². The van der Waals surface area contributed by atoms with Gasteiger partial charge < -0.3 is 4.74 Å². The van der Waals surface area contributed by atoms with Crippen LogP contribution < -0.4 is 4.74 Å².